The molecule has 1 aromatic heterocycles. The Bertz CT molecular complexity index is 920. The van der Waals surface area contributed by atoms with E-state index >= 15 is 0 Å². The van der Waals surface area contributed by atoms with Crippen LogP contribution in [-0.2, 0) is 22.6 Å². The lowest BCUT2D eigenvalue weighted by atomic mass is 10.00. The van der Waals surface area contributed by atoms with Gasteiger partial charge in [-0.1, -0.05) is 61.5 Å². The number of benzene rings is 2. The van der Waals surface area contributed by atoms with E-state index in [1.807, 2.05) is 61.5 Å². The number of nitrogens with zero attached hydrogens (tertiary/aromatic N) is 1. The van der Waals surface area contributed by atoms with Gasteiger partial charge in [-0.05, 0) is 42.2 Å². The lowest BCUT2D eigenvalue weighted by Gasteiger charge is -2.21. The number of hydrogen-bond acceptors (Lipinski definition) is 4. The number of esters is 1. The first kappa shape index (κ1) is 19.6. The molecule has 144 valence electrons. The number of pyridine rings is 1. The average molecular weight is 375 g/mol. The van der Waals surface area contributed by atoms with E-state index in [4.69, 9.17) is 9.47 Å². The summed E-state index contributed by atoms with van der Waals surface area (Å²) in [5.74, 6) is 0.133. The Morgan fingerprint density at radius 2 is 1.68 bits per heavy atom. The van der Waals surface area contributed by atoms with Gasteiger partial charge in [0.1, 0.15) is 6.61 Å². The number of rotatable bonds is 7. The molecule has 0 saturated carbocycles. The zero-order chi connectivity index (χ0) is 19.9. The van der Waals surface area contributed by atoms with E-state index in [0.29, 0.717) is 12.5 Å². The molecule has 0 saturated heterocycles. The molecule has 0 radical (unpaired) electrons. The molecule has 0 spiro atoms. The second-order valence-corrected chi connectivity index (χ2v) is 6.71. The third-order valence-electron chi connectivity index (χ3n) is 4.50. The van der Waals surface area contributed by atoms with Crippen molar-refractivity contribution in [3.63, 3.8) is 0 Å². The minimum atomic E-state index is -0.567. The summed E-state index contributed by atoms with van der Waals surface area (Å²) in [6.45, 7) is 5.83. The van der Waals surface area contributed by atoms with Gasteiger partial charge >= 0.3 is 5.97 Å². The molecule has 0 fully saturated rings. The zero-order valence-corrected chi connectivity index (χ0v) is 16.5. The van der Waals surface area contributed by atoms with Crippen molar-refractivity contribution in [2.24, 2.45) is 0 Å². The van der Waals surface area contributed by atoms with Gasteiger partial charge < -0.3 is 9.47 Å². The highest BCUT2D eigenvalue weighted by Gasteiger charge is 2.23. The fourth-order valence-electron chi connectivity index (χ4n) is 2.99. The molecule has 3 rings (SSSR count). The van der Waals surface area contributed by atoms with Gasteiger partial charge in [-0.2, -0.15) is 0 Å². The summed E-state index contributed by atoms with van der Waals surface area (Å²) in [6.07, 6.45) is 0.387. The summed E-state index contributed by atoms with van der Waals surface area (Å²) in [7, 11) is 0. The van der Waals surface area contributed by atoms with E-state index in [2.05, 4.69) is 24.0 Å². The number of carbonyl (C=O) groups excluding carboxylic acids is 1. The average Bonchev–Trinajstić information content (AvgIpc) is 2.71. The highest BCUT2D eigenvalue weighted by molar-refractivity contribution is 5.67. The standard InChI is InChI=1S/C24H25NO3/c1-4-19-11-13-21(14-12-19)23(28-18(3)26)22-15-10-17(2)25-24(22)27-16-20-8-6-5-7-9-20/h5-15,23H,4,16H2,1-3H3. The molecule has 0 aliphatic carbocycles. The van der Waals surface area contributed by atoms with Crippen molar-refractivity contribution in [1.82, 2.24) is 4.98 Å². The third kappa shape index (κ3) is 4.97. The minimum Gasteiger partial charge on any atom is -0.472 e. The van der Waals surface area contributed by atoms with Gasteiger partial charge in [-0.3, -0.25) is 4.79 Å². The first-order chi connectivity index (χ1) is 13.6. The molecule has 1 unspecified atom stereocenters. The maximum absolute atomic E-state index is 11.8. The maximum atomic E-state index is 11.8. The summed E-state index contributed by atoms with van der Waals surface area (Å²) >= 11 is 0. The lowest BCUT2D eigenvalue weighted by Crippen LogP contribution is -2.13. The maximum Gasteiger partial charge on any atom is 0.303 e. The van der Waals surface area contributed by atoms with Crippen LogP contribution in [0.2, 0.25) is 0 Å². The lowest BCUT2D eigenvalue weighted by molar-refractivity contribution is -0.144. The molecular formula is C24H25NO3. The van der Waals surface area contributed by atoms with E-state index < -0.39 is 6.10 Å². The van der Waals surface area contributed by atoms with Gasteiger partial charge in [0.15, 0.2) is 6.10 Å². The predicted octanol–water partition coefficient (Wildman–Crippen LogP) is 5.18. The quantitative estimate of drug-likeness (QED) is 0.534. The first-order valence-electron chi connectivity index (χ1n) is 9.47. The number of hydrogen-bond donors (Lipinski definition) is 0. The summed E-state index contributed by atoms with van der Waals surface area (Å²) in [4.78, 5) is 16.4. The van der Waals surface area contributed by atoms with Crippen molar-refractivity contribution >= 4 is 5.97 Å². The van der Waals surface area contributed by atoms with Crippen molar-refractivity contribution in [2.75, 3.05) is 0 Å². The topological polar surface area (TPSA) is 48.4 Å². The van der Waals surface area contributed by atoms with Crippen molar-refractivity contribution in [3.05, 3.63) is 94.7 Å². The Kier molecular flexibility index (Phi) is 6.43. The summed E-state index contributed by atoms with van der Waals surface area (Å²) in [6, 6.07) is 21.8. The Morgan fingerprint density at radius 3 is 2.32 bits per heavy atom. The Morgan fingerprint density at radius 1 is 0.964 bits per heavy atom. The first-order valence-corrected chi connectivity index (χ1v) is 9.47. The number of aryl methyl sites for hydroxylation is 2. The van der Waals surface area contributed by atoms with Crippen molar-refractivity contribution in [3.8, 4) is 5.88 Å². The van der Waals surface area contributed by atoms with Crippen molar-refractivity contribution in [2.45, 2.75) is 39.9 Å². The summed E-state index contributed by atoms with van der Waals surface area (Å²) < 4.78 is 11.7. The molecule has 28 heavy (non-hydrogen) atoms. The van der Waals surface area contributed by atoms with Crippen LogP contribution in [0.5, 0.6) is 5.88 Å². The molecule has 0 aliphatic rings. The van der Waals surface area contributed by atoms with E-state index in [-0.39, 0.29) is 5.97 Å². The third-order valence-corrected chi connectivity index (χ3v) is 4.50. The number of aromatic nitrogens is 1. The number of carbonyl (C=O) groups is 1. The van der Waals surface area contributed by atoms with Crippen molar-refractivity contribution < 1.29 is 14.3 Å². The SMILES string of the molecule is CCc1ccc(C(OC(C)=O)c2ccc(C)nc2OCc2ccccc2)cc1. The van der Waals surface area contributed by atoms with Gasteiger partial charge in [0.2, 0.25) is 5.88 Å². The van der Waals surface area contributed by atoms with E-state index in [1.54, 1.807) is 0 Å². The molecule has 2 aromatic carbocycles. The molecular weight excluding hydrogens is 350 g/mol. The minimum absolute atomic E-state index is 0.348. The van der Waals surface area contributed by atoms with E-state index in [9.17, 15) is 4.79 Å². The Labute approximate surface area is 166 Å². The van der Waals surface area contributed by atoms with E-state index in [0.717, 1.165) is 28.8 Å². The van der Waals surface area contributed by atoms with Gasteiger partial charge in [0.05, 0.1) is 5.56 Å². The van der Waals surface area contributed by atoms with Crippen LogP contribution >= 0.6 is 0 Å². The van der Waals surface area contributed by atoms with Gasteiger partial charge in [-0.25, -0.2) is 4.98 Å². The number of ether oxygens (including phenoxy) is 2. The second-order valence-electron chi connectivity index (χ2n) is 6.71. The molecule has 0 aliphatic heterocycles. The molecule has 4 heteroatoms. The van der Waals surface area contributed by atoms with Gasteiger partial charge in [0, 0.05) is 12.6 Å². The van der Waals surface area contributed by atoms with Crippen LogP contribution in [0.15, 0.2) is 66.7 Å². The van der Waals surface area contributed by atoms with Crippen LogP contribution in [0.25, 0.3) is 0 Å². The summed E-state index contributed by atoms with van der Waals surface area (Å²) in [5.41, 5.74) is 4.75. The van der Waals surface area contributed by atoms with Crippen LogP contribution < -0.4 is 4.74 Å². The van der Waals surface area contributed by atoms with E-state index in [1.165, 1.54) is 12.5 Å². The Balaban J connectivity index is 1.95. The largest absolute Gasteiger partial charge is 0.472 e. The molecule has 1 heterocycles. The van der Waals surface area contributed by atoms with Crippen LogP contribution in [0.3, 0.4) is 0 Å². The highest BCUT2D eigenvalue weighted by atomic mass is 16.5. The summed E-state index contributed by atoms with van der Waals surface area (Å²) in [5, 5.41) is 0. The smallest absolute Gasteiger partial charge is 0.303 e. The highest BCUT2D eigenvalue weighted by Crippen LogP contribution is 2.33. The van der Waals surface area contributed by atoms with Crippen molar-refractivity contribution in [1.29, 1.82) is 0 Å². The van der Waals surface area contributed by atoms with Crippen LogP contribution in [0.1, 0.15) is 47.9 Å². The van der Waals surface area contributed by atoms with Crippen LogP contribution in [0.4, 0.5) is 0 Å². The monoisotopic (exact) mass is 375 g/mol. The fourth-order valence-corrected chi connectivity index (χ4v) is 2.99. The fraction of sp³-hybridized carbons (Fsp3) is 0.250. The van der Waals surface area contributed by atoms with Gasteiger partial charge in [0.25, 0.3) is 0 Å². The molecule has 1 atom stereocenters. The second kappa shape index (κ2) is 9.18. The zero-order valence-electron chi connectivity index (χ0n) is 16.5. The molecule has 0 bridgehead atoms. The Hall–Kier alpha value is -3.14. The van der Waals surface area contributed by atoms with Crippen LogP contribution in [-0.4, -0.2) is 11.0 Å². The normalized spacial score (nSPS) is 11.7. The molecule has 0 N–H and O–H groups in total. The molecule has 4 nitrogen and oxygen atoms in total. The predicted molar refractivity (Wildman–Crippen MR) is 109 cm³/mol. The van der Waals surface area contributed by atoms with Gasteiger partial charge in [-0.15, -0.1) is 0 Å². The van der Waals surface area contributed by atoms with Crippen LogP contribution in [0, 0.1) is 6.92 Å². The molecule has 3 aromatic rings. The molecule has 0 amide bonds.